The van der Waals surface area contributed by atoms with Crippen LogP contribution in [0.3, 0.4) is 0 Å². The van der Waals surface area contributed by atoms with E-state index in [0.717, 1.165) is 12.0 Å². The summed E-state index contributed by atoms with van der Waals surface area (Å²) in [7, 11) is 0. The smallest absolute Gasteiger partial charge is 0.305 e. The molecule has 0 spiro atoms. The van der Waals surface area contributed by atoms with E-state index in [2.05, 4.69) is 29.2 Å². The number of benzene rings is 1. The van der Waals surface area contributed by atoms with Crippen molar-refractivity contribution in [2.75, 3.05) is 0 Å². The van der Waals surface area contributed by atoms with Crippen molar-refractivity contribution in [1.82, 2.24) is 20.1 Å². The van der Waals surface area contributed by atoms with Gasteiger partial charge in [0.05, 0.1) is 35.7 Å². The summed E-state index contributed by atoms with van der Waals surface area (Å²) >= 11 is 0. The zero-order valence-corrected chi connectivity index (χ0v) is 16.2. The summed E-state index contributed by atoms with van der Waals surface area (Å²) in [5.41, 5.74) is 2.56. The molecule has 0 bridgehead atoms. The lowest BCUT2D eigenvalue weighted by atomic mass is 10.0. The zero-order valence-electron chi connectivity index (χ0n) is 16.2. The van der Waals surface area contributed by atoms with E-state index in [1.807, 2.05) is 41.9 Å². The number of aryl methyl sites for hydroxylation is 1. The van der Waals surface area contributed by atoms with Crippen molar-refractivity contribution in [3.05, 3.63) is 59.4 Å². The Morgan fingerprint density at radius 1 is 1.25 bits per heavy atom. The highest BCUT2D eigenvalue weighted by Crippen LogP contribution is 2.24. The van der Waals surface area contributed by atoms with E-state index in [0.29, 0.717) is 22.3 Å². The van der Waals surface area contributed by atoms with Crippen molar-refractivity contribution >= 4 is 22.9 Å². The topological polar surface area (TPSA) is 97.1 Å². The molecule has 0 aliphatic rings. The Morgan fingerprint density at radius 3 is 2.61 bits per heavy atom. The van der Waals surface area contributed by atoms with Crippen LogP contribution in [0.25, 0.3) is 11.0 Å². The Kier molecular flexibility index (Phi) is 5.73. The first-order valence-corrected chi connectivity index (χ1v) is 9.33. The molecule has 0 radical (unpaired) electrons. The van der Waals surface area contributed by atoms with Crippen molar-refractivity contribution in [2.24, 2.45) is 0 Å². The molecule has 2 aromatic heterocycles. The van der Waals surface area contributed by atoms with Gasteiger partial charge in [0, 0.05) is 5.69 Å². The van der Waals surface area contributed by atoms with E-state index in [-0.39, 0.29) is 18.4 Å². The molecule has 3 aromatic rings. The molecule has 0 aliphatic heterocycles. The average molecular weight is 380 g/mol. The second kappa shape index (κ2) is 8.21. The van der Waals surface area contributed by atoms with Gasteiger partial charge < -0.3 is 10.4 Å². The first-order valence-electron chi connectivity index (χ1n) is 9.33. The van der Waals surface area contributed by atoms with Crippen molar-refractivity contribution in [3.8, 4) is 0 Å². The summed E-state index contributed by atoms with van der Waals surface area (Å²) in [6.45, 7) is 5.95. The van der Waals surface area contributed by atoms with Crippen LogP contribution in [0.2, 0.25) is 0 Å². The van der Waals surface area contributed by atoms with Gasteiger partial charge in [-0.25, -0.2) is 9.67 Å². The fourth-order valence-electron chi connectivity index (χ4n) is 3.17. The minimum Gasteiger partial charge on any atom is -0.481 e. The van der Waals surface area contributed by atoms with E-state index in [4.69, 9.17) is 0 Å². The van der Waals surface area contributed by atoms with Gasteiger partial charge in [-0.05, 0) is 31.9 Å². The number of pyridine rings is 1. The summed E-state index contributed by atoms with van der Waals surface area (Å²) in [6, 6.07) is 10.4. The molecule has 0 saturated carbocycles. The van der Waals surface area contributed by atoms with E-state index >= 15 is 0 Å². The first kappa shape index (κ1) is 19.5. The van der Waals surface area contributed by atoms with Crippen LogP contribution in [0.15, 0.2) is 42.6 Å². The number of nitrogens with zero attached hydrogens (tertiary/aromatic N) is 3. The van der Waals surface area contributed by atoms with Crippen molar-refractivity contribution in [2.45, 2.75) is 45.7 Å². The maximum Gasteiger partial charge on any atom is 0.305 e. The third-order valence-electron chi connectivity index (χ3n) is 4.83. The van der Waals surface area contributed by atoms with Gasteiger partial charge in [0.1, 0.15) is 0 Å². The van der Waals surface area contributed by atoms with E-state index in [1.165, 1.54) is 0 Å². The summed E-state index contributed by atoms with van der Waals surface area (Å²) in [5.74, 6) is -1.32. The molecule has 2 heterocycles. The highest BCUT2D eigenvalue weighted by Gasteiger charge is 2.22. The number of carboxylic acids is 1. The molecular formula is C21H24N4O3. The molecule has 28 heavy (non-hydrogen) atoms. The largest absolute Gasteiger partial charge is 0.481 e. The number of hydrogen-bond acceptors (Lipinski definition) is 4. The molecule has 2 atom stereocenters. The number of carbonyl (C=O) groups is 2. The number of amides is 1. The molecule has 146 valence electrons. The number of aliphatic carboxylic acids is 1. The monoisotopic (exact) mass is 380 g/mol. The normalized spacial score (nSPS) is 13.2. The van der Waals surface area contributed by atoms with E-state index < -0.39 is 12.0 Å². The molecule has 7 heteroatoms. The third kappa shape index (κ3) is 4.03. The van der Waals surface area contributed by atoms with Gasteiger partial charge in [-0.2, -0.15) is 5.10 Å². The summed E-state index contributed by atoms with van der Waals surface area (Å²) in [6.07, 6.45) is 2.34. The number of fused-ring (bicyclic) bond motifs is 1. The SMILES string of the molecule is CCC(C)n1ncc2c(C(=O)NC(CC(=O)O)c3ccccc3)cc(C)nc21. The number of hydrogen-bond donors (Lipinski definition) is 2. The number of rotatable bonds is 7. The first-order chi connectivity index (χ1) is 13.4. The molecule has 3 rings (SSSR count). The van der Waals surface area contributed by atoms with Crippen LogP contribution >= 0.6 is 0 Å². The van der Waals surface area contributed by atoms with Gasteiger partial charge in [0.25, 0.3) is 5.91 Å². The number of carbonyl (C=O) groups excluding carboxylic acids is 1. The molecule has 0 fully saturated rings. The highest BCUT2D eigenvalue weighted by atomic mass is 16.4. The van der Waals surface area contributed by atoms with Crippen LogP contribution in [0.1, 0.15) is 60.4 Å². The Balaban J connectivity index is 1.98. The number of nitrogens with one attached hydrogen (secondary N) is 1. The Labute approximate surface area is 163 Å². The van der Waals surface area contributed by atoms with Crippen molar-refractivity contribution in [1.29, 1.82) is 0 Å². The van der Waals surface area contributed by atoms with Crippen LogP contribution < -0.4 is 5.32 Å². The predicted molar refractivity (Wildman–Crippen MR) is 106 cm³/mol. The maximum absolute atomic E-state index is 13.1. The standard InChI is InChI=1S/C21H24N4O3/c1-4-14(3)25-20-17(12-22-25)16(10-13(2)23-20)21(28)24-18(11-19(26)27)15-8-6-5-7-9-15/h5-10,12,14,18H,4,11H2,1-3H3,(H,24,28)(H,26,27). The molecule has 2 N–H and O–H groups in total. The molecule has 7 nitrogen and oxygen atoms in total. The predicted octanol–water partition coefficient (Wildman–Crippen LogP) is 3.66. The second-order valence-corrected chi connectivity index (χ2v) is 6.93. The lowest BCUT2D eigenvalue weighted by Crippen LogP contribution is -2.30. The van der Waals surface area contributed by atoms with Crippen LogP contribution in [-0.2, 0) is 4.79 Å². The van der Waals surface area contributed by atoms with Crippen molar-refractivity contribution < 1.29 is 14.7 Å². The minimum atomic E-state index is -0.977. The van der Waals surface area contributed by atoms with Crippen LogP contribution in [-0.4, -0.2) is 31.7 Å². The summed E-state index contributed by atoms with van der Waals surface area (Å²) in [4.78, 5) is 28.9. The fourth-order valence-corrected chi connectivity index (χ4v) is 3.17. The van der Waals surface area contributed by atoms with Gasteiger partial charge in [-0.15, -0.1) is 0 Å². The quantitative estimate of drug-likeness (QED) is 0.652. The highest BCUT2D eigenvalue weighted by molar-refractivity contribution is 6.05. The van der Waals surface area contributed by atoms with E-state index in [1.54, 1.807) is 12.3 Å². The Bertz CT molecular complexity index is 998. The molecule has 1 amide bonds. The minimum absolute atomic E-state index is 0.159. The van der Waals surface area contributed by atoms with Gasteiger partial charge in [-0.3, -0.25) is 9.59 Å². The second-order valence-electron chi connectivity index (χ2n) is 6.93. The maximum atomic E-state index is 13.1. The van der Waals surface area contributed by atoms with Gasteiger partial charge >= 0.3 is 5.97 Å². The molecule has 2 unspecified atom stereocenters. The molecule has 0 aliphatic carbocycles. The molecule has 0 saturated heterocycles. The van der Waals surface area contributed by atoms with Gasteiger partial charge in [0.2, 0.25) is 0 Å². The number of carboxylic acid groups (broad SMARTS) is 1. The number of aromatic nitrogens is 3. The lowest BCUT2D eigenvalue weighted by molar-refractivity contribution is -0.137. The van der Waals surface area contributed by atoms with Crippen LogP contribution in [0.5, 0.6) is 0 Å². The van der Waals surface area contributed by atoms with Crippen molar-refractivity contribution in [3.63, 3.8) is 0 Å². The Hall–Kier alpha value is -3.22. The van der Waals surface area contributed by atoms with Crippen LogP contribution in [0, 0.1) is 6.92 Å². The van der Waals surface area contributed by atoms with Crippen LogP contribution in [0.4, 0.5) is 0 Å². The van der Waals surface area contributed by atoms with Gasteiger partial charge in [0.15, 0.2) is 5.65 Å². The van der Waals surface area contributed by atoms with Gasteiger partial charge in [-0.1, -0.05) is 37.3 Å². The van der Waals surface area contributed by atoms with E-state index in [9.17, 15) is 14.7 Å². The average Bonchev–Trinajstić information content (AvgIpc) is 3.10. The molecular weight excluding hydrogens is 356 g/mol. The summed E-state index contributed by atoms with van der Waals surface area (Å²) < 4.78 is 1.82. The Morgan fingerprint density at radius 2 is 1.96 bits per heavy atom. The third-order valence-corrected chi connectivity index (χ3v) is 4.83. The zero-order chi connectivity index (χ0) is 20.3. The fraction of sp³-hybridized carbons (Fsp3) is 0.333. The molecule has 1 aromatic carbocycles. The lowest BCUT2D eigenvalue weighted by Gasteiger charge is -2.18. The summed E-state index contributed by atoms with van der Waals surface area (Å²) in [5, 5.41) is 17.2.